The average molecular weight is 380 g/mol. The second kappa shape index (κ2) is 9.40. The molecule has 5 nitrogen and oxygen atoms in total. The molecule has 3 rings (SSSR count). The number of hydrogen-bond donors (Lipinski definition) is 0. The Balaban J connectivity index is 1.41. The van der Waals surface area contributed by atoms with Crippen LogP contribution in [-0.4, -0.2) is 54.4 Å². The minimum atomic E-state index is 0.0286. The lowest BCUT2D eigenvalue weighted by atomic mass is 10.0. The van der Waals surface area contributed by atoms with E-state index in [4.69, 9.17) is 4.74 Å². The molecule has 0 unspecified atom stereocenters. The molecule has 1 saturated heterocycles. The van der Waals surface area contributed by atoms with Crippen molar-refractivity contribution in [2.45, 2.75) is 26.2 Å². The Kier molecular flexibility index (Phi) is 6.69. The van der Waals surface area contributed by atoms with Gasteiger partial charge in [0, 0.05) is 31.7 Å². The first-order chi connectivity index (χ1) is 13.5. The highest BCUT2D eigenvalue weighted by atomic mass is 16.5. The largest absolute Gasteiger partial charge is 0.493 e. The summed E-state index contributed by atoms with van der Waals surface area (Å²) in [6.07, 6.45) is 0.346. The van der Waals surface area contributed by atoms with E-state index in [0.717, 1.165) is 5.75 Å². The van der Waals surface area contributed by atoms with Crippen molar-refractivity contribution in [3.05, 3.63) is 65.7 Å². The molecule has 1 aliphatic heterocycles. The maximum Gasteiger partial charge on any atom is 0.253 e. The minimum Gasteiger partial charge on any atom is -0.493 e. The number of carbonyl (C=O) groups is 2. The van der Waals surface area contributed by atoms with Crippen LogP contribution in [0.2, 0.25) is 0 Å². The Bertz CT molecular complexity index is 779. The lowest BCUT2D eigenvalue weighted by Crippen LogP contribution is -2.50. The van der Waals surface area contributed by atoms with Crippen LogP contribution >= 0.6 is 0 Å². The van der Waals surface area contributed by atoms with Crippen molar-refractivity contribution in [2.24, 2.45) is 0 Å². The Hall–Kier alpha value is -2.82. The third-order valence-corrected chi connectivity index (χ3v) is 5.07. The lowest BCUT2D eigenvalue weighted by Gasteiger charge is -2.34. The highest BCUT2D eigenvalue weighted by Gasteiger charge is 2.24. The van der Waals surface area contributed by atoms with E-state index in [2.05, 4.69) is 26.0 Å². The van der Waals surface area contributed by atoms with E-state index < -0.39 is 0 Å². The van der Waals surface area contributed by atoms with Gasteiger partial charge in [-0.1, -0.05) is 44.2 Å². The van der Waals surface area contributed by atoms with E-state index in [1.165, 1.54) is 5.56 Å². The molecular weight excluding hydrogens is 352 g/mol. The Morgan fingerprint density at radius 3 is 2.11 bits per heavy atom. The summed E-state index contributed by atoms with van der Waals surface area (Å²) in [5.74, 6) is 1.38. The summed E-state index contributed by atoms with van der Waals surface area (Å²) in [5.41, 5.74) is 1.96. The Morgan fingerprint density at radius 2 is 1.50 bits per heavy atom. The summed E-state index contributed by atoms with van der Waals surface area (Å²) >= 11 is 0. The highest BCUT2D eigenvalue weighted by molar-refractivity contribution is 5.94. The summed E-state index contributed by atoms with van der Waals surface area (Å²) in [7, 11) is 0. The van der Waals surface area contributed by atoms with Gasteiger partial charge in [-0.05, 0) is 35.7 Å². The Labute approximate surface area is 166 Å². The molecule has 0 N–H and O–H groups in total. The van der Waals surface area contributed by atoms with Gasteiger partial charge in [0.05, 0.1) is 13.0 Å². The molecule has 1 fully saturated rings. The van der Waals surface area contributed by atoms with E-state index in [1.807, 2.05) is 52.3 Å². The van der Waals surface area contributed by atoms with Crippen molar-refractivity contribution >= 4 is 11.8 Å². The molecule has 0 radical (unpaired) electrons. The van der Waals surface area contributed by atoms with E-state index in [9.17, 15) is 9.59 Å². The van der Waals surface area contributed by atoms with Crippen LogP contribution in [0.15, 0.2) is 54.6 Å². The molecular formula is C23H28N2O3. The van der Waals surface area contributed by atoms with Gasteiger partial charge in [0.25, 0.3) is 5.91 Å². The first-order valence-electron chi connectivity index (χ1n) is 9.89. The maximum atomic E-state index is 12.5. The highest BCUT2D eigenvalue weighted by Crippen LogP contribution is 2.18. The number of benzene rings is 2. The maximum absolute atomic E-state index is 12.5. The summed E-state index contributed by atoms with van der Waals surface area (Å²) in [6.45, 7) is 6.95. The van der Waals surface area contributed by atoms with Gasteiger partial charge in [-0.2, -0.15) is 0 Å². The number of nitrogens with zero attached hydrogens (tertiary/aromatic N) is 2. The predicted molar refractivity (Wildman–Crippen MR) is 110 cm³/mol. The van der Waals surface area contributed by atoms with Crippen LogP contribution in [0.25, 0.3) is 0 Å². The zero-order valence-corrected chi connectivity index (χ0v) is 16.6. The van der Waals surface area contributed by atoms with Crippen LogP contribution in [0.3, 0.4) is 0 Å². The molecule has 0 aromatic heterocycles. The molecule has 2 aromatic rings. The standard InChI is InChI=1S/C23H28N2O3/c1-18(2)19-8-10-21(11-9-19)28-17-12-22(26)24-13-15-25(16-14-24)23(27)20-6-4-3-5-7-20/h3-11,18H,12-17H2,1-2H3. The van der Waals surface area contributed by atoms with Crippen molar-refractivity contribution < 1.29 is 14.3 Å². The molecule has 1 heterocycles. The summed E-state index contributed by atoms with van der Waals surface area (Å²) in [5, 5.41) is 0. The average Bonchev–Trinajstić information content (AvgIpc) is 2.74. The zero-order chi connectivity index (χ0) is 19.9. The topological polar surface area (TPSA) is 49.9 Å². The second-order valence-corrected chi connectivity index (χ2v) is 7.36. The Morgan fingerprint density at radius 1 is 0.893 bits per heavy atom. The zero-order valence-electron chi connectivity index (χ0n) is 16.6. The monoisotopic (exact) mass is 380 g/mol. The number of ether oxygens (including phenoxy) is 1. The van der Waals surface area contributed by atoms with Crippen molar-refractivity contribution in [1.82, 2.24) is 9.80 Å². The molecule has 1 aliphatic rings. The van der Waals surface area contributed by atoms with Crippen molar-refractivity contribution in [3.8, 4) is 5.75 Å². The fraction of sp³-hybridized carbons (Fsp3) is 0.391. The van der Waals surface area contributed by atoms with Gasteiger partial charge in [0.15, 0.2) is 0 Å². The van der Waals surface area contributed by atoms with Gasteiger partial charge in [0.2, 0.25) is 5.91 Å². The molecule has 28 heavy (non-hydrogen) atoms. The van der Waals surface area contributed by atoms with E-state index >= 15 is 0 Å². The van der Waals surface area contributed by atoms with Crippen LogP contribution in [0.4, 0.5) is 0 Å². The molecule has 0 bridgehead atoms. The molecule has 148 valence electrons. The van der Waals surface area contributed by atoms with Crippen LogP contribution in [0.1, 0.15) is 42.1 Å². The molecule has 0 spiro atoms. The quantitative estimate of drug-likeness (QED) is 0.770. The number of rotatable bonds is 6. The molecule has 2 amide bonds. The lowest BCUT2D eigenvalue weighted by molar-refractivity contribution is -0.133. The van der Waals surface area contributed by atoms with E-state index in [-0.39, 0.29) is 11.8 Å². The molecule has 0 aliphatic carbocycles. The van der Waals surface area contributed by atoms with Crippen LogP contribution in [0.5, 0.6) is 5.75 Å². The van der Waals surface area contributed by atoms with E-state index in [1.54, 1.807) is 0 Å². The fourth-order valence-corrected chi connectivity index (χ4v) is 3.29. The predicted octanol–water partition coefficient (Wildman–Crippen LogP) is 3.56. The molecule has 0 atom stereocenters. The van der Waals surface area contributed by atoms with Crippen LogP contribution < -0.4 is 4.74 Å². The van der Waals surface area contributed by atoms with Gasteiger partial charge in [-0.15, -0.1) is 0 Å². The number of hydrogen-bond acceptors (Lipinski definition) is 3. The van der Waals surface area contributed by atoms with Crippen molar-refractivity contribution in [1.29, 1.82) is 0 Å². The summed E-state index contributed by atoms with van der Waals surface area (Å²) in [6, 6.07) is 17.3. The summed E-state index contributed by atoms with van der Waals surface area (Å²) < 4.78 is 5.71. The van der Waals surface area contributed by atoms with Gasteiger partial charge in [-0.3, -0.25) is 9.59 Å². The minimum absolute atomic E-state index is 0.0286. The van der Waals surface area contributed by atoms with Gasteiger partial charge in [-0.25, -0.2) is 0 Å². The van der Waals surface area contributed by atoms with Crippen molar-refractivity contribution in [2.75, 3.05) is 32.8 Å². The fourth-order valence-electron chi connectivity index (χ4n) is 3.29. The van der Waals surface area contributed by atoms with Gasteiger partial charge >= 0.3 is 0 Å². The van der Waals surface area contributed by atoms with Crippen molar-refractivity contribution in [3.63, 3.8) is 0 Å². The SMILES string of the molecule is CC(C)c1ccc(OCCC(=O)N2CCN(C(=O)c3ccccc3)CC2)cc1. The normalized spacial score (nSPS) is 14.2. The molecule has 2 aromatic carbocycles. The summed E-state index contributed by atoms with van der Waals surface area (Å²) in [4.78, 5) is 28.5. The van der Waals surface area contributed by atoms with Gasteiger partial charge in [0.1, 0.15) is 5.75 Å². The van der Waals surface area contributed by atoms with Crippen LogP contribution in [0, 0.1) is 0 Å². The molecule has 5 heteroatoms. The molecule has 0 saturated carbocycles. The van der Waals surface area contributed by atoms with Gasteiger partial charge < -0.3 is 14.5 Å². The van der Waals surface area contributed by atoms with Crippen LogP contribution in [-0.2, 0) is 4.79 Å². The third kappa shape index (κ3) is 5.12. The smallest absolute Gasteiger partial charge is 0.253 e. The first kappa shape index (κ1) is 19.9. The number of amides is 2. The number of piperazine rings is 1. The van der Waals surface area contributed by atoms with E-state index in [0.29, 0.717) is 50.7 Å². The number of carbonyl (C=O) groups excluding carboxylic acids is 2. The third-order valence-electron chi connectivity index (χ3n) is 5.07. The first-order valence-corrected chi connectivity index (χ1v) is 9.89. The second-order valence-electron chi connectivity index (χ2n) is 7.36.